The third-order valence-electron chi connectivity index (χ3n) is 4.53. The first-order chi connectivity index (χ1) is 13.7. The Bertz CT molecular complexity index is 1110. The zero-order chi connectivity index (χ0) is 19.3. The van der Waals surface area contributed by atoms with Crippen LogP contribution in [0.5, 0.6) is 0 Å². The zero-order valence-electron chi connectivity index (χ0n) is 15.7. The van der Waals surface area contributed by atoms with Crippen LogP contribution in [0.1, 0.15) is 19.8 Å². The minimum absolute atomic E-state index is 0.00256. The lowest BCUT2D eigenvalue weighted by molar-refractivity contribution is -0.118. The van der Waals surface area contributed by atoms with Gasteiger partial charge in [-0.3, -0.25) is 9.20 Å². The van der Waals surface area contributed by atoms with Gasteiger partial charge in [-0.25, -0.2) is 4.98 Å². The van der Waals surface area contributed by atoms with Gasteiger partial charge in [-0.05, 0) is 25.0 Å². The number of hydrogen-bond acceptors (Lipinski definition) is 5. The minimum Gasteiger partial charge on any atom is -0.367 e. The molecule has 0 fully saturated rings. The smallest absolute Gasteiger partial charge is 0.216 e. The molecule has 0 bridgehead atoms. The number of rotatable bonds is 7. The molecule has 2 N–H and O–H groups in total. The van der Waals surface area contributed by atoms with Crippen molar-refractivity contribution >= 4 is 28.4 Å². The predicted octanol–water partition coefficient (Wildman–Crippen LogP) is 3.27. The topological polar surface area (TPSA) is 84.2 Å². The summed E-state index contributed by atoms with van der Waals surface area (Å²) in [5.74, 6) is 1.51. The van der Waals surface area contributed by atoms with Crippen LogP contribution < -0.4 is 10.6 Å². The molecule has 0 saturated heterocycles. The van der Waals surface area contributed by atoms with Crippen molar-refractivity contribution in [3.05, 3.63) is 54.6 Å². The summed E-state index contributed by atoms with van der Waals surface area (Å²) in [7, 11) is 0. The molecule has 7 nitrogen and oxygen atoms in total. The van der Waals surface area contributed by atoms with E-state index in [4.69, 9.17) is 4.98 Å². The average Bonchev–Trinajstić information content (AvgIpc) is 3.16. The van der Waals surface area contributed by atoms with Crippen LogP contribution in [0.3, 0.4) is 0 Å². The van der Waals surface area contributed by atoms with Crippen molar-refractivity contribution in [2.45, 2.75) is 19.8 Å². The van der Waals surface area contributed by atoms with Gasteiger partial charge in [0, 0.05) is 25.6 Å². The number of para-hydroxylation sites is 2. The number of nitrogens with one attached hydrogen (secondary N) is 2. The van der Waals surface area contributed by atoms with E-state index in [1.807, 2.05) is 54.6 Å². The van der Waals surface area contributed by atoms with E-state index in [1.54, 1.807) is 0 Å². The molecule has 7 heteroatoms. The number of fused-ring (bicyclic) bond motifs is 3. The third kappa shape index (κ3) is 3.64. The Morgan fingerprint density at radius 2 is 1.71 bits per heavy atom. The van der Waals surface area contributed by atoms with E-state index < -0.39 is 0 Å². The molecule has 28 heavy (non-hydrogen) atoms. The first-order valence-electron chi connectivity index (χ1n) is 9.41. The van der Waals surface area contributed by atoms with Crippen molar-refractivity contribution in [2.75, 3.05) is 18.4 Å². The Balaban J connectivity index is 1.65. The summed E-state index contributed by atoms with van der Waals surface area (Å²) in [4.78, 5) is 15.7. The molecule has 0 saturated carbocycles. The highest BCUT2D eigenvalue weighted by atomic mass is 16.1. The molecular weight excluding hydrogens is 352 g/mol. The number of anilines is 1. The van der Waals surface area contributed by atoms with Gasteiger partial charge in [-0.1, -0.05) is 42.5 Å². The highest BCUT2D eigenvalue weighted by Gasteiger charge is 2.15. The Kier molecular flexibility index (Phi) is 5.14. The molecule has 0 radical (unpaired) electrons. The van der Waals surface area contributed by atoms with Crippen LogP contribution in [0.2, 0.25) is 0 Å². The fraction of sp³-hybridized carbons (Fsp3) is 0.238. The number of unbranched alkanes of at least 4 members (excludes halogenated alkanes) is 1. The normalized spacial score (nSPS) is 11.0. The van der Waals surface area contributed by atoms with Crippen LogP contribution in [-0.2, 0) is 4.79 Å². The maximum atomic E-state index is 10.9. The summed E-state index contributed by atoms with van der Waals surface area (Å²) in [5, 5.41) is 15.0. The highest BCUT2D eigenvalue weighted by Crippen LogP contribution is 2.26. The minimum atomic E-state index is 0.00256. The van der Waals surface area contributed by atoms with Gasteiger partial charge in [-0.15, -0.1) is 10.2 Å². The molecule has 0 aliphatic heterocycles. The number of hydrogen-bond donors (Lipinski definition) is 2. The lowest BCUT2D eigenvalue weighted by Crippen LogP contribution is -2.21. The fourth-order valence-electron chi connectivity index (χ4n) is 3.20. The van der Waals surface area contributed by atoms with E-state index in [-0.39, 0.29) is 5.91 Å². The predicted molar refractivity (Wildman–Crippen MR) is 110 cm³/mol. The summed E-state index contributed by atoms with van der Waals surface area (Å²) in [6, 6.07) is 18.0. The molecule has 4 rings (SSSR count). The molecule has 1 amide bonds. The molecule has 142 valence electrons. The van der Waals surface area contributed by atoms with E-state index in [1.165, 1.54) is 6.92 Å². The second kappa shape index (κ2) is 8.04. The molecule has 2 aromatic carbocycles. The maximum absolute atomic E-state index is 10.9. The van der Waals surface area contributed by atoms with Gasteiger partial charge in [0.1, 0.15) is 0 Å². The molecule has 0 atom stereocenters. The molecule has 0 aliphatic carbocycles. The van der Waals surface area contributed by atoms with Crippen LogP contribution in [0.25, 0.3) is 28.1 Å². The van der Waals surface area contributed by atoms with Crippen molar-refractivity contribution in [1.82, 2.24) is 24.9 Å². The van der Waals surface area contributed by atoms with Gasteiger partial charge < -0.3 is 10.6 Å². The molecule has 2 heterocycles. The summed E-state index contributed by atoms with van der Waals surface area (Å²) < 4.78 is 2.05. The third-order valence-corrected chi connectivity index (χ3v) is 4.53. The molecular formula is C21H22N6O. The van der Waals surface area contributed by atoms with E-state index >= 15 is 0 Å². The molecule has 0 spiro atoms. The van der Waals surface area contributed by atoms with Crippen molar-refractivity contribution < 1.29 is 4.79 Å². The monoisotopic (exact) mass is 374 g/mol. The number of benzene rings is 2. The second-order valence-electron chi connectivity index (χ2n) is 6.61. The largest absolute Gasteiger partial charge is 0.367 e. The van der Waals surface area contributed by atoms with E-state index in [0.29, 0.717) is 18.0 Å². The van der Waals surface area contributed by atoms with Crippen molar-refractivity contribution in [3.63, 3.8) is 0 Å². The van der Waals surface area contributed by atoms with Crippen molar-refractivity contribution in [1.29, 1.82) is 0 Å². The van der Waals surface area contributed by atoms with Gasteiger partial charge in [0.15, 0.2) is 11.6 Å². The first-order valence-corrected chi connectivity index (χ1v) is 9.41. The Morgan fingerprint density at radius 3 is 2.54 bits per heavy atom. The van der Waals surface area contributed by atoms with Gasteiger partial charge >= 0.3 is 0 Å². The lowest BCUT2D eigenvalue weighted by atomic mass is 10.2. The second-order valence-corrected chi connectivity index (χ2v) is 6.61. The average molecular weight is 374 g/mol. The summed E-state index contributed by atoms with van der Waals surface area (Å²) in [5.41, 5.74) is 3.57. The molecule has 0 aliphatic rings. The maximum Gasteiger partial charge on any atom is 0.216 e. The molecule has 2 aromatic heterocycles. The zero-order valence-corrected chi connectivity index (χ0v) is 15.7. The van der Waals surface area contributed by atoms with Crippen LogP contribution in [-0.4, -0.2) is 38.6 Å². The highest BCUT2D eigenvalue weighted by molar-refractivity contribution is 5.85. The Labute approximate surface area is 162 Å². The van der Waals surface area contributed by atoms with Gasteiger partial charge in [0.25, 0.3) is 0 Å². The number of carbonyl (C=O) groups excluding carboxylic acids is 1. The van der Waals surface area contributed by atoms with E-state index in [0.717, 1.165) is 41.8 Å². The Hall–Kier alpha value is -3.48. The van der Waals surface area contributed by atoms with Gasteiger partial charge in [0.05, 0.1) is 11.0 Å². The van der Waals surface area contributed by atoms with Crippen molar-refractivity contribution in [2.24, 2.45) is 0 Å². The molecule has 0 unspecified atom stereocenters. The number of nitrogens with zero attached hydrogens (tertiary/aromatic N) is 4. The van der Waals surface area contributed by atoms with Gasteiger partial charge in [-0.2, -0.15) is 0 Å². The van der Waals surface area contributed by atoms with Crippen molar-refractivity contribution in [3.8, 4) is 11.4 Å². The van der Waals surface area contributed by atoms with Crippen LogP contribution in [0.15, 0.2) is 54.6 Å². The van der Waals surface area contributed by atoms with Crippen LogP contribution in [0.4, 0.5) is 5.82 Å². The first kappa shape index (κ1) is 17.9. The summed E-state index contributed by atoms with van der Waals surface area (Å²) in [6.07, 6.45) is 1.82. The Morgan fingerprint density at radius 1 is 0.964 bits per heavy atom. The standard InChI is InChI=1S/C21H22N6O/c1-15(28)22-13-7-8-14-23-19-21-26-25-20(16-9-3-2-4-10-16)27(21)18-12-6-5-11-17(18)24-19/h2-6,9-12H,7-8,13-14H2,1H3,(H,22,28)(H,23,24). The van der Waals surface area contributed by atoms with E-state index in [2.05, 4.69) is 25.2 Å². The number of carbonyl (C=O) groups is 1. The van der Waals surface area contributed by atoms with Crippen LogP contribution >= 0.6 is 0 Å². The number of aromatic nitrogens is 4. The summed E-state index contributed by atoms with van der Waals surface area (Å²) in [6.45, 7) is 2.96. The fourth-order valence-corrected chi connectivity index (χ4v) is 3.20. The van der Waals surface area contributed by atoms with E-state index in [9.17, 15) is 4.79 Å². The SMILES string of the molecule is CC(=O)NCCCCNc1nc2ccccc2n2c(-c3ccccc3)nnc12. The summed E-state index contributed by atoms with van der Waals surface area (Å²) >= 11 is 0. The quantitative estimate of drug-likeness (QED) is 0.485. The molecule has 4 aromatic rings. The lowest BCUT2D eigenvalue weighted by Gasteiger charge is -2.10. The van der Waals surface area contributed by atoms with Gasteiger partial charge in [0.2, 0.25) is 11.6 Å². The van der Waals surface area contributed by atoms with Crippen LogP contribution in [0, 0.1) is 0 Å². The number of amides is 1.